The van der Waals surface area contributed by atoms with Crippen molar-refractivity contribution in [1.82, 2.24) is 10.0 Å². The quantitative estimate of drug-likeness (QED) is 0.528. The molecule has 3 fully saturated rings. The number of anilines is 1. The van der Waals surface area contributed by atoms with Crippen molar-refractivity contribution in [1.29, 1.82) is 0 Å². The molecule has 158 valence electrons. The average molecular weight is 428 g/mol. The monoisotopic (exact) mass is 428 g/mol. The standard InChI is InChI=1S/C20H24F4N4S/c21-12-8-15(18-16(9-12)29-27-19(26-18)11-4-5-11)28-7-6-14(25-13-2-1-3-13)10-17(28)20(22,23)24/h8-9,11,13-14,17,25H,1-7,10H2,(H,26,27)/t14-,17+/m1/s1. The molecule has 29 heavy (non-hydrogen) atoms. The Kier molecular flexibility index (Phi) is 4.93. The van der Waals surface area contributed by atoms with Crippen molar-refractivity contribution in [2.45, 2.75) is 74.1 Å². The molecule has 1 aromatic carbocycles. The average Bonchev–Trinajstić information content (AvgIpc) is 3.48. The zero-order chi connectivity index (χ0) is 20.2. The molecule has 0 unspecified atom stereocenters. The molecule has 2 aliphatic carbocycles. The molecule has 5 rings (SSSR count). The van der Waals surface area contributed by atoms with Crippen LogP contribution in [0.4, 0.5) is 28.9 Å². The van der Waals surface area contributed by atoms with Crippen molar-refractivity contribution in [3.05, 3.63) is 17.9 Å². The van der Waals surface area contributed by atoms with Crippen LogP contribution in [0, 0.1) is 11.7 Å². The molecule has 1 aromatic rings. The van der Waals surface area contributed by atoms with Gasteiger partial charge in [-0.05, 0) is 62.6 Å². The van der Waals surface area contributed by atoms with Crippen LogP contribution in [0.15, 0.2) is 22.0 Å². The molecule has 2 N–H and O–H groups in total. The van der Waals surface area contributed by atoms with Gasteiger partial charge in [0.15, 0.2) is 0 Å². The molecule has 0 aromatic heterocycles. The molecule has 1 saturated heterocycles. The molecule has 9 heteroatoms. The molecule has 2 atom stereocenters. The van der Waals surface area contributed by atoms with Gasteiger partial charge in [0.1, 0.15) is 23.4 Å². The predicted octanol–water partition coefficient (Wildman–Crippen LogP) is 4.92. The van der Waals surface area contributed by atoms with Gasteiger partial charge in [-0.3, -0.25) is 0 Å². The highest BCUT2D eigenvalue weighted by molar-refractivity contribution is 7.98. The number of rotatable bonds is 4. The van der Waals surface area contributed by atoms with Gasteiger partial charge in [-0.25, -0.2) is 9.38 Å². The summed E-state index contributed by atoms with van der Waals surface area (Å²) in [6.07, 6.45) is 1.48. The van der Waals surface area contributed by atoms with Crippen LogP contribution in [0.25, 0.3) is 0 Å². The number of fused-ring (bicyclic) bond motifs is 1. The second kappa shape index (κ2) is 7.34. The van der Waals surface area contributed by atoms with Gasteiger partial charge in [0, 0.05) is 24.5 Å². The number of hydrogen-bond acceptors (Lipinski definition) is 5. The Balaban J connectivity index is 1.47. The van der Waals surface area contributed by atoms with Crippen LogP contribution in [0.2, 0.25) is 0 Å². The second-order valence-electron chi connectivity index (χ2n) is 8.51. The van der Waals surface area contributed by atoms with Crippen LogP contribution in [0.1, 0.15) is 44.9 Å². The number of alkyl halides is 3. The molecule has 2 aliphatic heterocycles. The van der Waals surface area contributed by atoms with E-state index >= 15 is 0 Å². The number of benzene rings is 1. The Bertz CT molecular complexity index is 819. The minimum absolute atomic E-state index is 0.0180. The van der Waals surface area contributed by atoms with Crippen LogP contribution >= 0.6 is 11.9 Å². The van der Waals surface area contributed by atoms with E-state index in [-0.39, 0.29) is 24.7 Å². The van der Waals surface area contributed by atoms with Crippen molar-refractivity contribution in [3.8, 4) is 0 Å². The van der Waals surface area contributed by atoms with Crippen LogP contribution in [0.3, 0.4) is 0 Å². The lowest BCUT2D eigenvalue weighted by Crippen LogP contribution is -2.57. The highest BCUT2D eigenvalue weighted by atomic mass is 32.2. The van der Waals surface area contributed by atoms with Gasteiger partial charge < -0.3 is 14.9 Å². The number of nitrogens with one attached hydrogen (secondary N) is 2. The summed E-state index contributed by atoms with van der Waals surface area (Å²) in [6, 6.07) is 1.11. The van der Waals surface area contributed by atoms with Gasteiger partial charge in [-0.15, -0.1) is 0 Å². The Morgan fingerprint density at radius 2 is 1.90 bits per heavy atom. The summed E-state index contributed by atoms with van der Waals surface area (Å²) in [6.45, 7) is 0.233. The second-order valence-corrected chi connectivity index (χ2v) is 9.36. The van der Waals surface area contributed by atoms with E-state index in [0.717, 1.165) is 37.9 Å². The van der Waals surface area contributed by atoms with Crippen molar-refractivity contribution in [3.63, 3.8) is 0 Å². The summed E-state index contributed by atoms with van der Waals surface area (Å²) in [5.41, 5.74) is 0.730. The summed E-state index contributed by atoms with van der Waals surface area (Å²) < 4.78 is 59.5. The van der Waals surface area contributed by atoms with Gasteiger partial charge >= 0.3 is 6.18 Å². The zero-order valence-electron chi connectivity index (χ0n) is 15.9. The SMILES string of the molecule is Fc1cc2c(c(N3CC[C@@H](NC4CCC4)C[C@H]3C(F)(F)F)c1)N=C(C1CC1)NS2. The van der Waals surface area contributed by atoms with Gasteiger partial charge in [0.25, 0.3) is 0 Å². The molecule has 2 saturated carbocycles. The number of hydrogen-bond donors (Lipinski definition) is 2. The van der Waals surface area contributed by atoms with E-state index in [2.05, 4.69) is 15.0 Å². The lowest BCUT2D eigenvalue weighted by atomic mass is 9.89. The fourth-order valence-electron chi connectivity index (χ4n) is 4.38. The molecule has 4 nitrogen and oxygen atoms in total. The maximum absolute atomic E-state index is 14.3. The first-order chi connectivity index (χ1) is 13.9. The highest BCUT2D eigenvalue weighted by Crippen LogP contribution is 2.46. The molecular weight excluding hydrogens is 404 g/mol. The minimum Gasteiger partial charge on any atom is -0.358 e. The molecule has 0 amide bonds. The number of aliphatic imine (C=N–C) groups is 1. The third-order valence-corrected chi connectivity index (χ3v) is 7.19. The van der Waals surface area contributed by atoms with E-state index in [4.69, 9.17) is 0 Å². The Morgan fingerprint density at radius 3 is 2.55 bits per heavy atom. The first-order valence-corrected chi connectivity index (χ1v) is 11.1. The van der Waals surface area contributed by atoms with Crippen molar-refractivity contribution in [2.24, 2.45) is 10.9 Å². The molecule has 2 heterocycles. The first-order valence-electron chi connectivity index (χ1n) is 10.3. The van der Waals surface area contributed by atoms with Crippen LogP contribution < -0.4 is 14.9 Å². The molecule has 0 radical (unpaired) electrons. The van der Waals surface area contributed by atoms with E-state index in [9.17, 15) is 17.6 Å². The van der Waals surface area contributed by atoms with Crippen LogP contribution in [-0.2, 0) is 0 Å². The summed E-state index contributed by atoms with van der Waals surface area (Å²) in [5, 5.41) is 3.39. The third kappa shape index (κ3) is 3.95. The lowest BCUT2D eigenvalue weighted by molar-refractivity contribution is -0.154. The van der Waals surface area contributed by atoms with Crippen molar-refractivity contribution < 1.29 is 17.6 Å². The van der Waals surface area contributed by atoms with E-state index in [1.165, 1.54) is 29.0 Å². The summed E-state index contributed by atoms with van der Waals surface area (Å²) in [5.74, 6) is 0.596. The van der Waals surface area contributed by atoms with E-state index in [1.807, 2.05) is 0 Å². The summed E-state index contributed by atoms with van der Waals surface area (Å²) in [4.78, 5) is 6.50. The van der Waals surface area contributed by atoms with E-state index < -0.39 is 18.0 Å². The van der Waals surface area contributed by atoms with Gasteiger partial charge in [-0.1, -0.05) is 6.42 Å². The molecule has 0 spiro atoms. The maximum Gasteiger partial charge on any atom is 0.408 e. The van der Waals surface area contributed by atoms with Crippen molar-refractivity contribution >= 4 is 29.2 Å². The maximum atomic E-state index is 14.3. The van der Waals surface area contributed by atoms with Crippen LogP contribution in [-0.4, -0.2) is 36.7 Å². The number of amidine groups is 1. The number of halogens is 4. The predicted molar refractivity (Wildman–Crippen MR) is 106 cm³/mol. The summed E-state index contributed by atoms with van der Waals surface area (Å²) >= 11 is 1.24. The van der Waals surface area contributed by atoms with Gasteiger partial charge in [-0.2, -0.15) is 13.2 Å². The van der Waals surface area contributed by atoms with Crippen molar-refractivity contribution in [2.75, 3.05) is 11.4 Å². The Morgan fingerprint density at radius 1 is 1.10 bits per heavy atom. The van der Waals surface area contributed by atoms with Crippen LogP contribution in [0.5, 0.6) is 0 Å². The molecular formula is C20H24F4N4S. The van der Waals surface area contributed by atoms with E-state index in [1.54, 1.807) is 0 Å². The smallest absolute Gasteiger partial charge is 0.358 e. The number of nitrogens with zero attached hydrogens (tertiary/aromatic N) is 2. The third-order valence-electron chi connectivity index (χ3n) is 6.35. The fraction of sp³-hybridized carbons (Fsp3) is 0.650. The zero-order valence-corrected chi connectivity index (χ0v) is 16.8. The molecule has 4 aliphatic rings. The largest absolute Gasteiger partial charge is 0.408 e. The number of piperidine rings is 1. The Labute approximate surface area is 171 Å². The normalized spacial score (nSPS) is 27.7. The van der Waals surface area contributed by atoms with Gasteiger partial charge in [0.2, 0.25) is 0 Å². The fourth-order valence-corrected chi connectivity index (χ4v) is 5.22. The molecule has 0 bridgehead atoms. The first kappa shape index (κ1) is 19.5. The highest BCUT2D eigenvalue weighted by Gasteiger charge is 2.48. The minimum atomic E-state index is -4.39. The van der Waals surface area contributed by atoms with E-state index in [0.29, 0.717) is 29.0 Å². The lowest BCUT2D eigenvalue weighted by Gasteiger charge is -2.44. The summed E-state index contributed by atoms with van der Waals surface area (Å²) in [7, 11) is 0. The topological polar surface area (TPSA) is 39.7 Å². The Hall–Kier alpha value is -1.48. The van der Waals surface area contributed by atoms with Gasteiger partial charge in [0.05, 0.1) is 10.6 Å².